The van der Waals surface area contributed by atoms with E-state index in [1.165, 1.54) is 38.5 Å². The van der Waals surface area contributed by atoms with Crippen molar-refractivity contribution >= 4 is 19.8 Å². The van der Waals surface area contributed by atoms with Gasteiger partial charge in [0, 0.05) is 12.8 Å². The van der Waals surface area contributed by atoms with E-state index in [9.17, 15) is 14.2 Å². The molecule has 0 aromatic carbocycles. The van der Waals surface area contributed by atoms with Crippen LogP contribution in [0.15, 0.2) is 60.8 Å². The first-order valence-corrected chi connectivity index (χ1v) is 19.1. The fourth-order valence-electron chi connectivity index (χ4n) is 4.46. The number of allylic oxidation sites excluding steroid dienone is 10. The second kappa shape index (κ2) is 32.7. The highest BCUT2D eigenvalue weighted by Crippen LogP contribution is 2.35. The Bertz CT molecular complexity index is 932. The molecule has 0 aliphatic heterocycles. The van der Waals surface area contributed by atoms with Crippen molar-refractivity contribution < 1.29 is 37.9 Å². The largest absolute Gasteiger partial charge is 0.469 e. The van der Waals surface area contributed by atoms with Gasteiger partial charge in [0.2, 0.25) is 0 Å². The maximum atomic E-state index is 12.3. The molecule has 0 aliphatic carbocycles. The van der Waals surface area contributed by atoms with Gasteiger partial charge in [-0.3, -0.25) is 14.1 Å². The molecule has 1 unspecified atom stereocenters. The van der Waals surface area contributed by atoms with Crippen molar-refractivity contribution in [3.63, 3.8) is 0 Å². The summed E-state index contributed by atoms with van der Waals surface area (Å²) in [5.41, 5.74) is 0. The van der Waals surface area contributed by atoms with Crippen LogP contribution < -0.4 is 0 Å². The summed E-state index contributed by atoms with van der Waals surface area (Å²) in [5.74, 6) is -0.931. The minimum Gasteiger partial charge on any atom is -0.462 e. The zero-order chi connectivity index (χ0) is 34.0. The molecule has 0 aromatic heterocycles. The highest BCUT2D eigenvalue weighted by atomic mass is 31.2. The predicted octanol–water partition coefficient (Wildman–Crippen LogP) is 10.2. The number of rotatable bonds is 31. The second-order valence-electron chi connectivity index (χ2n) is 11.5. The zero-order valence-corrected chi connectivity index (χ0v) is 29.6. The van der Waals surface area contributed by atoms with Gasteiger partial charge in [-0.1, -0.05) is 132 Å². The number of hydrogen-bond donors (Lipinski definition) is 2. The molecule has 0 heterocycles. The lowest BCUT2D eigenvalue weighted by Crippen LogP contribution is -2.29. The number of hydrogen-bond acceptors (Lipinski definition) is 6. The van der Waals surface area contributed by atoms with Gasteiger partial charge in [-0.25, -0.2) is 4.57 Å². The SMILES string of the molecule is CC/C=C\C/C=C\C/C=C\C/C=C\C/C=C\CCCCCC(=O)OC(COC(=O)CCCCCCCCCCC)COP(=O)(O)O. The van der Waals surface area contributed by atoms with Crippen molar-refractivity contribution in [3.8, 4) is 0 Å². The van der Waals surface area contributed by atoms with Crippen LogP contribution in [0, 0.1) is 0 Å². The number of phosphoric ester groups is 1. The summed E-state index contributed by atoms with van der Waals surface area (Å²) in [6, 6.07) is 0. The molecule has 2 N–H and O–H groups in total. The van der Waals surface area contributed by atoms with E-state index in [4.69, 9.17) is 19.3 Å². The average molecular weight is 667 g/mol. The Hall–Kier alpha value is -2.25. The maximum Gasteiger partial charge on any atom is 0.469 e. The molecule has 0 radical (unpaired) electrons. The Morgan fingerprint density at radius 3 is 1.57 bits per heavy atom. The van der Waals surface area contributed by atoms with Crippen molar-refractivity contribution in [3.05, 3.63) is 60.8 Å². The molecular formula is C37H63O8P. The van der Waals surface area contributed by atoms with Crippen LogP contribution in [0.2, 0.25) is 0 Å². The molecule has 0 amide bonds. The number of esters is 2. The van der Waals surface area contributed by atoms with E-state index in [2.05, 4.69) is 79.1 Å². The van der Waals surface area contributed by atoms with Gasteiger partial charge in [0.25, 0.3) is 0 Å². The van der Waals surface area contributed by atoms with Crippen molar-refractivity contribution in [2.75, 3.05) is 13.2 Å². The lowest BCUT2D eigenvalue weighted by atomic mass is 10.1. The van der Waals surface area contributed by atoms with E-state index in [1.807, 2.05) is 0 Å². The van der Waals surface area contributed by atoms with E-state index in [-0.39, 0.29) is 19.4 Å². The molecule has 0 saturated carbocycles. The van der Waals surface area contributed by atoms with Gasteiger partial charge in [-0.2, -0.15) is 0 Å². The second-order valence-corrected chi connectivity index (χ2v) is 12.7. The summed E-state index contributed by atoms with van der Waals surface area (Å²) in [6.07, 6.45) is 39.5. The summed E-state index contributed by atoms with van der Waals surface area (Å²) in [7, 11) is -4.76. The fraction of sp³-hybridized carbons (Fsp3) is 0.676. The molecule has 0 spiro atoms. The Kier molecular flexibility index (Phi) is 31.1. The van der Waals surface area contributed by atoms with Gasteiger partial charge >= 0.3 is 19.8 Å². The Labute approximate surface area is 279 Å². The van der Waals surface area contributed by atoms with E-state index < -0.39 is 32.5 Å². The Morgan fingerprint density at radius 2 is 1.04 bits per heavy atom. The van der Waals surface area contributed by atoms with Crippen molar-refractivity contribution in [1.29, 1.82) is 0 Å². The zero-order valence-electron chi connectivity index (χ0n) is 28.7. The highest BCUT2D eigenvalue weighted by Gasteiger charge is 2.22. The molecule has 0 saturated heterocycles. The van der Waals surface area contributed by atoms with Crippen molar-refractivity contribution in [1.82, 2.24) is 0 Å². The number of carbonyl (C=O) groups is 2. The molecule has 46 heavy (non-hydrogen) atoms. The monoisotopic (exact) mass is 666 g/mol. The molecular weight excluding hydrogens is 603 g/mol. The van der Waals surface area contributed by atoms with Gasteiger partial charge in [0.05, 0.1) is 6.61 Å². The van der Waals surface area contributed by atoms with Gasteiger partial charge in [-0.15, -0.1) is 0 Å². The predicted molar refractivity (Wildman–Crippen MR) is 188 cm³/mol. The molecule has 1 atom stereocenters. The van der Waals surface area contributed by atoms with Gasteiger partial charge in [-0.05, 0) is 57.8 Å². The van der Waals surface area contributed by atoms with E-state index in [1.54, 1.807) is 0 Å². The molecule has 0 bridgehead atoms. The van der Waals surface area contributed by atoms with Crippen LogP contribution in [0.3, 0.4) is 0 Å². The number of phosphoric acid groups is 1. The molecule has 9 heteroatoms. The first kappa shape index (κ1) is 43.8. The molecule has 264 valence electrons. The van der Waals surface area contributed by atoms with Crippen LogP contribution in [-0.2, 0) is 28.2 Å². The van der Waals surface area contributed by atoms with E-state index in [0.29, 0.717) is 6.42 Å². The lowest BCUT2D eigenvalue weighted by Gasteiger charge is -2.18. The topological polar surface area (TPSA) is 119 Å². The normalized spacial score (nSPS) is 13.2. The standard InChI is InChI=1S/C37H63O8P/c1-3-5-7-9-11-13-14-15-16-17-18-19-20-21-22-24-26-28-30-32-37(39)45-35(34-44-46(40,41)42)33-43-36(38)31-29-27-25-23-12-10-8-6-4-2/h5,7,11,13,15-16,18-19,21-22,35H,3-4,6,8-10,12,14,17,20,23-34H2,1-2H3,(H2,40,41,42)/b7-5-,13-11-,16-15-,19-18-,22-21-. The minimum atomic E-state index is -4.76. The molecule has 0 aromatic rings. The van der Waals surface area contributed by atoms with Crippen LogP contribution in [0.5, 0.6) is 0 Å². The lowest BCUT2D eigenvalue weighted by molar-refractivity contribution is -0.161. The quantitative estimate of drug-likeness (QED) is 0.0325. The Morgan fingerprint density at radius 1 is 0.587 bits per heavy atom. The minimum absolute atomic E-state index is 0.171. The molecule has 0 aliphatic rings. The summed E-state index contributed by atoms with van der Waals surface area (Å²) >= 11 is 0. The van der Waals surface area contributed by atoms with Crippen LogP contribution in [-0.4, -0.2) is 41.0 Å². The number of ether oxygens (including phenoxy) is 2. The fourth-order valence-corrected chi connectivity index (χ4v) is 4.82. The Balaban J connectivity index is 4.07. The third-order valence-corrected chi connectivity index (χ3v) is 7.54. The van der Waals surface area contributed by atoms with Gasteiger partial charge in [0.1, 0.15) is 6.61 Å². The first-order chi connectivity index (χ1) is 22.3. The highest BCUT2D eigenvalue weighted by molar-refractivity contribution is 7.46. The summed E-state index contributed by atoms with van der Waals surface area (Å²) in [4.78, 5) is 42.5. The number of unbranched alkanes of at least 4 members (excludes halogenated alkanes) is 11. The van der Waals surface area contributed by atoms with Crippen molar-refractivity contribution in [2.45, 2.75) is 148 Å². The van der Waals surface area contributed by atoms with Gasteiger partial charge in [0.15, 0.2) is 6.10 Å². The summed E-state index contributed by atoms with van der Waals surface area (Å²) < 4.78 is 26.2. The van der Waals surface area contributed by atoms with Gasteiger partial charge < -0.3 is 19.3 Å². The van der Waals surface area contributed by atoms with Crippen molar-refractivity contribution in [2.24, 2.45) is 0 Å². The smallest absolute Gasteiger partial charge is 0.462 e. The number of carbonyl (C=O) groups excluding carboxylic acids is 2. The molecule has 0 rings (SSSR count). The molecule has 8 nitrogen and oxygen atoms in total. The first-order valence-electron chi connectivity index (χ1n) is 17.6. The van der Waals surface area contributed by atoms with Crippen LogP contribution in [0.1, 0.15) is 142 Å². The molecule has 0 fully saturated rings. The summed E-state index contributed by atoms with van der Waals surface area (Å²) in [5, 5.41) is 0. The third kappa shape index (κ3) is 34.6. The van der Waals surface area contributed by atoms with E-state index >= 15 is 0 Å². The maximum absolute atomic E-state index is 12.3. The van der Waals surface area contributed by atoms with E-state index in [0.717, 1.165) is 70.6 Å². The average Bonchev–Trinajstić information content (AvgIpc) is 3.02. The third-order valence-electron chi connectivity index (χ3n) is 7.05. The van der Waals surface area contributed by atoms with Crippen LogP contribution in [0.25, 0.3) is 0 Å². The summed E-state index contributed by atoms with van der Waals surface area (Å²) in [6.45, 7) is 3.49. The van der Waals surface area contributed by atoms with Crippen LogP contribution >= 0.6 is 7.82 Å². The van der Waals surface area contributed by atoms with Crippen LogP contribution in [0.4, 0.5) is 0 Å².